The summed E-state index contributed by atoms with van der Waals surface area (Å²) in [6, 6.07) is 11.5. The molecule has 0 fully saturated rings. The molecule has 0 radical (unpaired) electrons. The van der Waals surface area contributed by atoms with Gasteiger partial charge in [-0.1, -0.05) is 47.5 Å². The molecule has 0 bridgehead atoms. The summed E-state index contributed by atoms with van der Waals surface area (Å²) < 4.78 is 5.69. The summed E-state index contributed by atoms with van der Waals surface area (Å²) in [6.07, 6.45) is 0. The van der Waals surface area contributed by atoms with Crippen LogP contribution < -0.4 is 10.5 Å². The van der Waals surface area contributed by atoms with Crippen molar-refractivity contribution >= 4 is 34.5 Å². The van der Waals surface area contributed by atoms with Crippen LogP contribution in [-0.2, 0) is 6.54 Å². The average molecular weight is 379 g/mol. The molecule has 0 unspecified atom stereocenters. The van der Waals surface area contributed by atoms with E-state index in [9.17, 15) is 0 Å². The van der Waals surface area contributed by atoms with E-state index < -0.39 is 0 Å². The zero-order valence-corrected chi connectivity index (χ0v) is 15.4. The zero-order valence-electron chi connectivity index (χ0n) is 13.1. The molecular weight excluding hydrogens is 363 g/mol. The first-order valence-electron chi connectivity index (χ1n) is 7.50. The molecule has 0 aliphatic heterocycles. The second-order valence-corrected chi connectivity index (χ2v) is 6.80. The number of nitrogens with two attached hydrogens (primary N) is 1. The van der Waals surface area contributed by atoms with Crippen molar-refractivity contribution in [3.8, 4) is 27.6 Å². The number of aromatic nitrogens is 1. The maximum Gasteiger partial charge on any atom is 0.147 e. The highest BCUT2D eigenvalue weighted by molar-refractivity contribution is 7.13. The molecule has 0 spiro atoms. The fourth-order valence-corrected chi connectivity index (χ4v) is 3.90. The highest BCUT2D eigenvalue weighted by Gasteiger charge is 2.16. The number of nitrogens with zero attached hydrogens (tertiary/aromatic N) is 1. The van der Waals surface area contributed by atoms with Gasteiger partial charge in [-0.3, -0.25) is 0 Å². The van der Waals surface area contributed by atoms with E-state index in [-0.39, 0.29) is 0 Å². The van der Waals surface area contributed by atoms with E-state index in [4.69, 9.17) is 38.7 Å². The number of halogens is 2. The largest absolute Gasteiger partial charge is 0.492 e. The summed E-state index contributed by atoms with van der Waals surface area (Å²) >= 11 is 14.0. The van der Waals surface area contributed by atoms with Crippen LogP contribution in [0.5, 0.6) is 5.75 Å². The summed E-state index contributed by atoms with van der Waals surface area (Å²) in [6.45, 7) is 2.90. The Kier molecular flexibility index (Phi) is 5.41. The maximum absolute atomic E-state index is 6.28. The van der Waals surface area contributed by atoms with Crippen LogP contribution in [0, 0.1) is 0 Å². The topological polar surface area (TPSA) is 48.1 Å². The van der Waals surface area contributed by atoms with E-state index in [0.29, 0.717) is 28.9 Å². The number of ether oxygens (including phenoxy) is 1. The lowest BCUT2D eigenvalue weighted by Crippen LogP contribution is -1.98. The van der Waals surface area contributed by atoms with E-state index >= 15 is 0 Å². The van der Waals surface area contributed by atoms with Gasteiger partial charge in [-0.05, 0) is 24.6 Å². The second-order valence-electron chi connectivity index (χ2n) is 5.10. The van der Waals surface area contributed by atoms with Crippen molar-refractivity contribution < 1.29 is 4.74 Å². The Bertz CT molecular complexity index is 864. The zero-order chi connectivity index (χ0) is 17.1. The van der Waals surface area contributed by atoms with Crippen molar-refractivity contribution in [3.63, 3.8) is 0 Å². The monoisotopic (exact) mass is 378 g/mol. The molecule has 2 N–H and O–H groups in total. The van der Waals surface area contributed by atoms with Gasteiger partial charge in [-0.15, -0.1) is 11.3 Å². The Hall–Kier alpha value is -1.59. The average Bonchev–Trinajstić information content (AvgIpc) is 3.06. The Morgan fingerprint density at radius 2 is 1.96 bits per heavy atom. The lowest BCUT2D eigenvalue weighted by atomic mass is 10.1. The van der Waals surface area contributed by atoms with E-state index in [0.717, 1.165) is 27.4 Å². The van der Waals surface area contributed by atoms with Crippen molar-refractivity contribution in [2.75, 3.05) is 6.61 Å². The number of thiazole rings is 1. The molecular formula is C18H16Cl2N2OS. The van der Waals surface area contributed by atoms with Crippen LogP contribution in [-0.4, -0.2) is 11.6 Å². The van der Waals surface area contributed by atoms with Gasteiger partial charge in [0.25, 0.3) is 0 Å². The third-order valence-corrected chi connectivity index (χ3v) is 4.92. The maximum atomic E-state index is 6.28. The molecule has 3 rings (SSSR count). The molecule has 1 aromatic heterocycles. The second kappa shape index (κ2) is 7.53. The van der Waals surface area contributed by atoms with Crippen molar-refractivity contribution in [3.05, 3.63) is 57.4 Å². The molecule has 6 heteroatoms. The van der Waals surface area contributed by atoms with Crippen LogP contribution in [0.3, 0.4) is 0 Å². The highest BCUT2D eigenvalue weighted by Crippen LogP contribution is 2.40. The van der Waals surface area contributed by atoms with Gasteiger partial charge in [0.05, 0.1) is 17.3 Å². The van der Waals surface area contributed by atoms with Gasteiger partial charge in [0.2, 0.25) is 0 Å². The highest BCUT2D eigenvalue weighted by atomic mass is 35.5. The molecule has 0 saturated carbocycles. The summed E-state index contributed by atoms with van der Waals surface area (Å²) in [4.78, 5) is 4.75. The van der Waals surface area contributed by atoms with Gasteiger partial charge >= 0.3 is 0 Å². The molecule has 1 heterocycles. The number of benzene rings is 2. The first kappa shape index (κ1) is 17.2. The molecule has 0 aliphatic carbocycles. The smallest absolute Gasteiger partial charge is 0.147 e. The summed E-state index contributed by atoms with van der Waals surface area (Å²) in [5.74, 6) is 0.604. The van der Waals surface area contributed by atoms with Gasteiger partial charge in [0, 0.05) is 28.1 Å². The SMILES string of the molecule is CCOc1c(Cl)cc(Cl)cc1-c1csc(-c2ccccc2CN)n1. The van der Waals surface area contributed by atoms with Crippen molar-refractivity contribution in [1.82, 2.24) is 4.98 Å². The first-order valence-corrected chi connectivity index (χ1v) is 9.13. The van der Waals surface area contributed by atoms with Gasteiger partial charge in [-0.25, -0.2) is 4.98 Å². The Morgan fingerprint density at radius 3 is 2.71 bits per heavy atom. The fraction of sp³-hybridized carbons (Fsp3) is 0.167. The molecule has 0 atom stereocenters. The summed E-state index contributed by atoms with van der Waals surface area (Å²) in [5, 5.41) is 3.92. The van der Waals surface area contributed by atoms with Crippen molar-refractivity contribution in [2.24, 2.45) is 5.73 Å². The molecule has 0 saturated heterocycles. The van der Waals surface area contributed by atoms with E-state index in [1.165, 1.54) is 0 Å². The fourth-order valence-electron chi connectivity index (χ4n) is 2.47. The van der Waals surface area contributed by atoms with Crippen LogP contribution in [0.25, 0.3) is 21.8 Å². The van der Waals surface area contributed by atoms with E-state index in [1.807, 2.05) is 42.6 Å². The molecule has 3 aromatic rings. The lowest BCUT2D eigenvalue weighted by Gasteiger charge is -2.11. The quantitative estimate of drug-likeness (QED) is 0.624. The van der Waals surface area contributed by atoms with E-state index in [1.54, 1.807) is 17.4 Å². The van der Waals surface area contributed by atoms with Gasteiger partial charge in [0.15, 0.2) is 0 Å². The summed E-state index contributed by atoms with van der Waals surface area (Å²) in [7, 11) is 0. The van der Waals surface area contributed by atoms with Crippen LogP contribution >= 0.6 is 34.5 Å². The molecule has 0 aliphatic rings. The van der Waals surface area contributed by atoms with Crippen molar-refractivity contribution in [1.29, 1.82) is 0 Å². The Balaban J connectivity index is 2.08. The first-order chi connectivity index (χ1) is 11.6. The third kappa shape index (κ3) is 3.42. The van der Waals surface area contributed by atoms with E-state index in [2.05, 4.69) is 0 Å². The minimum atomic E-state index is 0.471. The van der Waals surface area contributed by atoms with Gasteiger partial charge in [-0.2, -0.15) is 0 Å². The predicted molar refractivity (Wildman–Crippen MR) is 102 cm³/mol. The van der Waals surface area contributed by atoms with Crippen LogP contribution in [0.1, 0.15) is 12.5 Å². The standard InChI is InChI=1S/C18H16Cl2N2OS/c1-2-23-17-14(7-12(19)8-15(17)20)16-10-24-18(22-16)13-6-4-3-5-11(13)9-21/h3-8,10H,2,9,21H2,1H3. The number of rotatable bonds is 5. The minimum Gasteiger partial charge on any atom is -0.492 e. The predicted octanol–water partition coefficient (Wildman–Crippen LogP) is 5.64. The number of hydrogen-bond acceptors (Lipinski definition) is 4. The van der Waals surface area contributed by atoms with Gasteiger partial charge < -0.3 is 10.5 Å². The van der Waals surface area contributed by atoms with Crippen LogP contribution in [0.15, 0.2) is 41.8 Å². The molecule has 24 heavy (non-hydrogen) atoms. The lowest BCUT2D eigenvalue weighted by molar-refractivity contribution is 0.342. The molecule has 3 nitrogen and oxygen atoms in total. The van der Waals surface area contributed by atoms with Gasteiger partial charge in [0.1, 0.15) is 10.8 Å². The normalized spacial score (nSPS) is 10.8. The Labute approximate surface area is 155 Å². The van der Waals surface area contributed by atoms with Crippen LogP contribution in [0.2, 0.25) is 10.0 Å². The number of hydrogen-bond donors (Lipinski definition) is 1. The molecule has 124 valence electrons. The Morgan fingerprint density at radius 1 is 1.17 bits per heavy atom. The minimum absolute atomic E-state index is 0.471. The van der Waals surface area contributed by atoms with Crippen LogP contribution in [0.4, 0.5) is 0 Å². The van der Waals surface area contributed by atoms with Crippen molar-refractivity contribution in [2.45, 2.75) is 13.5 Å². The molecule has 0 amide bonds. The summed E-state index contributed by atoms with van der Waals surface area (Å²) in [5.41, 5.74) is 9.52. The molecule has 2 aromatic carbocycles. The third-order valence-electron chi connectivity index (χ3n) is 3.54.